The Balaban J connectivity index is 2.63. The van der Waals surface area contributed by atoms with Crippen molar-refractivity contribution >= 4 is 15.9 Å². The fourth-order valence-electron chi connectivity index (χ4n) is 1.41. The van der Waals surface area contributed by atoms with Crippen LogP contribution in [-0.4, -0.2) is 49.1 Å². The van der Waals surface area contributed by atoms with Crippen LogP contribution in [0, 0.1) is 17.2 Å². The Morgan fingerprint density at radius 1 is 1.64 bits per heavy atom. The maximum atomic E-state index is 11.1. The quantitative estimate of drug-likeness (QED) is 0.675. The van der Waals surface area contributed by atoms with E-state index >= 15 is 0 Å². The van der Waals surface area contributed by atoms with Gasteiger partial charge in [0.25, 0.3) is 0 Å². The third-order valence-corrected chi connectivity index (χ3v) is 3.61. The number of hydrogen-bond donors (Lipinski definition) is 1. The fourth-order valence-corrected chi connectivity index (χ4v) is 2.47. The number of rotatable bonds is 2. The van der Waals surface area contributed by atoms with E-state index in [1.165, 1.54) is 0 Å². The molecule has 0 radical (unpaired) electrons. The highest BCUT2D eigenvalue weighted by atomic mass is 32.2. The molecule has 1 fully saturated rings. The number of nitriles is 1. The molecule has 6 nitrogen and oxygen atoms in total. The van der Waals surface area contributed by atoms with Crippen LogP contribution in [0.4, 0.5) is 4.79 Å². The number of carboxylic acid groups (broad SMARTS) is 1. The van der Waals surface area contributed by atoms with Crippen LogP contribution in [0.5, 0.6) is 0 Å². The average Bonchev–Trinajstić information content (AvgIpc) is 1.91. The first-order chi connectivity index (χ1) is 6.36. The molecule has 1 aliphatic heterocycles. The van der Waals surface area contributed by atoms with E-state index in [-0.39, 0.29) is 19.0 Å². The zero-order valence-electron chi connectivity index (χ0n) is 7.54. The van der Waals surface area contributed by atoms with Crippen LogP contribution in [0.15, 0.2) is 0 Å². The van der Waals surface area contributed by atoms with E-state index in [2.05, 4.69) is 0 Å². The molecule has 0 aromatic heterocycles. The van der Waals surface area contributed by atoms with Gasteiger partial charge in [-0.25, -0.2) is 13.2 Å². The lowest BCUT2D eigenvalue weighted by atomic mass is 9.97. The molecule has 0 aliphatic carbocycles. The van der Waals surface area contributed by atoms with Crippen molar-refractivity contribution in [1.29, 1.82) is 5.26 Å². The number of carbonyl (C=O) groups is 1. The molecule has 7 heteroatoms. The summed E-state index contributed by atoms with van der Waals surface area (Å²) in [6, 6.07) is 1.70. The molecule has 0 spiro atoms. The summed E-state index contributed by atoms with van der Waals surface area (Å²) in [5.74, 6) is -0.383. The largest absolute Gasteiger partial charge is 0.465 e. The fraction of sp³-hybridized carbons (Fsp3) is 0.714. The lowest BCUT2D eigenvalue weighted by Gasteiger charge is -2.38. The van der Waals surface area contributed by atoms with E-state index in [0.29, 0.717) is 0 Å². The lowest BCUT2D eigenvalue weighted by Crippen LogP contribution is -2.55. The van der Waals surface area contributed by atoms with Crippen LogP contribution in [0.3, 0.4) is 0 Å². The normalized spacial score (nSPS) is 19.6. The molecular weight excluding hydrogens is 208 g/mol. The van der Waals surface area contributed by atoms with Crippen LogP contribution in [0.1, 0.15) is 0 Å². The predicted molar refractivity (Wildman–Crippen MR) is 47.3 cm³/mol. The van der Waals surface area contributed by atoms with Gasteiger partial charge in [0.05, 0.1) is 6.07 Å². The van der Waals surface area contributed by atoms with Gasteiger partial charge in [0, 0.05) is 25.3 Å². The SMILES string of the molecule is CS(=O)(=O)[C@H](C#N)C1CN(C(=O)O)C1. The molecule has 0 aromatic rings. The van der Waals surface area contributed by atoms with E-state index in [0.717, 1.165) is 11.2 Å². The van der Waals surface area contributed by atoms with Crippen molar-refractivity contribution in [3.63, 3.8) is 0 Å². The molecule has 1 rings (SSSR count). The molecule has 1 amide bonds. The topological polar surface area (TPSA) is 98.5 Å². The molecule has 1 aliphatic rings. The molecule has 1 saturated heterocycles. The summed E-state index contributed by atoms with van der Waals surface area (Å²) in [4.78, 5) is 11.5. The molecule has 1 atom stereocenters. The zero-order chi connectivity index (χ0) is 10.9. The molecule has 0 bridgehead atoms. The van der Waals surface area contributed by atoms with Crippen molar-refractivity contribution in [3.05, 3.63) is 0 Å². The molecule has 0 unspecified atom stereocenters. The van der Waals surface area contributed by atoms with E-state index in [9.17, 15) is 13.2 Å². The van der Waals surface area contributed by atoms with E-state index in [4.69, 9.17) is 10.4 Å². The number of likely N-dealkylation sites (tertiary alicyclic amines) is 1. The molecule has 1 N–H and O–H groups in total. The minimum atomic E-state index is -3.40. The molecule has 14 heavy (non-hydrogen) atoms. The van der Waals surface area contributed by atoms with Gasteiger partial charge < -0.3 is 10.0 Å². The average molecular weight is 218 g/mol. The van der Waals surface area contributed by atoms with Crippen molar-refractivity contribution in [1.82, 2.24) is 4.90 Å². The second kappa shape index (κ2) is 3.46. The second-order valence-electron chi connectivity index (χ2n) is 3.33. The van der Waals surface area contributed by atoms with Crippen molar-refractivity contribution in [2.75, 3.05) is 19.3 Å². The summed E-state index contributed by atoms with van der Waals surface area (Å²) in [7, 11) is -3.40. The van der Waals surface area contributed by atoms with E-state index < -0.39 is 21.2 Å². The summed E-state index contributed by atoms with van der Waals surface area (Å²) in [6.07, 6.45) is -0.0870. The third kappa shape index (κ3) is 1.96. The van der Waals surface area contributed by atoms with Gasteiger partial charge in [-0.1, -0.05) is 0 Å². The van der Waals surface area contributed by atoms with Crippen LogP contribution in [0.25, 0.3) is 0 Å². The van der Waals surface area contributed by atoms with Gasteiger partial charge >= 0.3 is 6.09 Å². The Morgan fingerprint density at radius 3 is 2.43 bits per heavy atom. The van der Waals surface area contributed by atoms with E-state index in [1.54, 1.807) is 6.07 Å². The van der Waals surface area contributed by atoms with Gasteiger partial charge in [-0.15, -0.1) is 0 Å². The van der Waals surface area contributed by atoms with Crippen molar-refractivity contribution in [2.24, 2.45) is 5.92 Å². The van der Waals surface area contributed by atoms with Gasteiger partial charge in [0.15, 0.2) is 15.1 Å². The van der Waals surface area contributed by atoms with Crippen LogP contribution in [0.2, 0.25) is 0 Å². The monoisotopic (exact) mass is 218 g/mol. The van der Waals surface area contributed by atoms with Gasteiger partial charge in [-0.2, -0.15) is 5.26 Å². The Morgan fingerprint density at radius 2 is 2.14 bits per heavy atom. The maximum Gasteiger partial charge on any atom is 0.407 e. The summed E-state index contributed by atoms with van der Waals surface area (Å²) >= 11 is 0. The minimum Gasteiger partial charge on any atom is -0.465 e. The first-order valence-corrected chi connectivity index (χ1v) is 5.88. The van der Waals surface area contributed by atoms with Gasteiger partial charge in [-0.3, -0.25) is 0 Å². The maximum absolute atomic E-state index is 11.1. The molecule has 78 valence electrons. The highest BCUT2D eigenvalue weighted by molar-refractivity contribution is 7.91. The lowest BCUT2D eigenvalue weighted by molar-refractivity contribution is 0.0844. The summed E-state index contributed by atoms with van der Waals surface area (Å²) < 4.78 is 22.2. The van der Waals surface area contributed by atoms with E-state index in [1.807, 2.05) is 0 Å². The van der Waals surface area contributed by atoms with Gasteiger partial charge in [0.1, 0.15) is 0 Å². The highest BCUT2D eigenvalue weighted by Crippen LogP contribution is 2.23. The third-order valence-electron chi connectivity index (χ3n) is 2.20. The van der Waals surface area contributed by atoms with Gasteiger partial charge in [0.2, 0.25) is 0 Å². The number of hydrogen-bond acceptors (Lipinski definition) is 4. The Hall–Kier alpha value is -1.29. The molecule has 0 saturated carbocycles. The highest BCUT2D eigenvalue weighted by Gasteiger charge is 2.40. The summed E-state index contributed by atoms with van der Waals surface area (Å²) in [5, 5.41) is 16.0. The Bertz CT molecular complexity index is 377. The predicted octanol–water partition coefficient (Wildman–Crippen LogP) is -0.467. The molecule has 0 aromatic carbocycles. The smallest absolute Gasteiger partial charge is 0.407 e. The standard InChI is InChI=1S/C7H10N2O4S/c1-14(12,13)6(2-8)5-3-9(4-5)7(10)11/h5-6H,3-4H2,1H3,(H,10,11)/t6-/m1/s1. The Kier molecular flexibility index (Phi) is 2.66. The summed E-state index contributed by atoms with van der Waals surface area (Å²) in [5.41, 5.74) is 0. The second-order valence-corrected chi connectivity index (χ2v) is 5.49. The number of sulfone groups is 1. The molecule has 1 heterocycles. The minimum absolute atomic E-state index is 0.126. The number of nitrogens with zero attached hydrogens (tertiary/aromatic N) is 2. The first-order valence-electron chi connectivity index (χ1n) is 3.92. The van der Waals surface area contributed by atoms with Crippen LogP contribution >= 0.6 is 0 Å². The van der Waals surface area contributed by atoms with Gasteiger partial charge in [-0.05, 0) is 0 Å². The van der Waals surface area contributed by atoms with Crippen LogP contribution < -0.4 is 0 Å². The van der Waals surface area contributed by atoms with Crippen molar-refractivity contribution < 1.29 is 18.3 Å². The number of amides is 1. The summed E-state index contributed by atoms with van der Waals surface area (Å²) in [6.45, 7) is 0.251. The molecular formula is C7H10N2O4S. The van der Waals surface area contributed by atoms with Crippen molar-refractivity contribution in [2.45, 2.75) is 5.25 Å². The first kappa shape index (κ1) is 10.8. The van der Waals surface area contributed by atoms with Crippen LogP contribution in [-0.2, 0) is 9.84 Å². The zero-order valence-corrected chi connectivity index (χ0v) is 8.36. The van der Waals surface area contributed by atoms with Crippen molar-refractivity contribution in [3.8, 4) is 6.07 Å². The Labute approximate surface area is 81.7 Å².